The Bertz CT molecular complexity index is 1160. The minimum Gasteiger partial charge on any atom is -0.456 e. The van der Waals surface area contributed by atoms with E-state index in [1.165, 1.54) is 6.07 Å². The molecule has 1 aromatic heterocycles. The lowest BCUT2D eigenvalue weighted by Gasteiger charge is -2.09. The van der Waals surface area contributed by atoms with Crippen molar-refractivity contribution < 1.29 is 28.4 Å². The number of aryl methyl sites for hydroxylation is 1. The van der Waals surface area contributed by atoms with Gasteiger partial charge in [-0.2, -0.15) is 0 Å². The summed E-state index contributed by atoms with van der Waals surface area (Å²) in [5.74, 6) is 0.391. The van der Waals surface area contributed by atoms with Gasteiger partial charge in [-0.1, -0.05) is 28.4 Å². The Morgan fingerprint density at radius 3 is 2.41 bits per heavy atom. The van der Waals surface area contributed by atoms with Gasteiger partial charge in [-0.15, -0.1) is 0 Å². The van der Waals surface area contributed by atoms with Crippen LogP contribution in [0.5, 0.6) is 11.5 Å². The van der Waals surface area contributed by atoms with Crippen molar-refractivity contribution in [3.8, 4) is 11.5 Å². The molecule has 34 heavy (non-hydrogen) atoms. The maximum Gasteiger partial charge on any atom is 0.306 e. The third-order valence-electron chi connectivity index (χ3n) is 4.30. The van der Waals surface area contributed by atoms with Crippen LogP contribution in [0.1, 0.15) is 25.0 Å². The molecule has 0 bridgehead atoms. The van der Waals surface area contributed by atoms with E-state index in [9.17, 15) is 14.4 Å². The highest BCUT2D eigenvalue weighted by molar-refractivity contribution is 6.35. The van der Waals surface area contributed by atoms with Gasteiger partial charge in [0.05, 0.1) is 5.02 Å². The Labute approximate surface area is 205 Å². The zero-order valence-electron chi connectivity index (χ0n) is 18.1. The highest BCUT2D eigenvalue weighted by atomic mass is 35.5. The first-order chi connectivity index (χ1) is 16.3. The second-order valence-corrected chi connectivity index (χ2v) is 7.98. The van der Waals surface area contributed by atoms with Crippen molar-refractivity contribution in [1.29, 1.82) is 0 Å². The maximum absolute atomic E-state index is 12.1. The SMILES string of the molecule is Cc1cc(NC(=O)COC(=O)CCCC(=O)Nc2ccc(Oc3ccc(Cl)cc3Cl)cc2)no1. The largest absolute Gasteiger partial charge is 0.456 e. The molecule has 2 amide bonds. The van der Waals surface area contributed by atoms with E-state index in [1.807, 2.05) is 0 Å². The van der Waals surface area contributed by atoms with Crippen LogP contribution < -0.4 is 15.4 Å². The number of ether oxygens (including phenoxy) is 2. The van der Waals surface area contributed by atoms with Crippen molar-refractivity contribution in [2.24, 2.45) is 0 Å². The van der Waals surface area contributed by atoms with Gasteiger partial charge in [0.25, 0.3) is 5.91 Å². The van der Waals surface area contributed by atoms with Crippen molar-refractivity contribution in [3.63, 3.8) is 0 Å². The molecule has 0 fully saturated rings. The number of hydrogen-bond donors (Lipinski definition) is 2. The van der Waals surface area contributed by atoms with Gasteiger partial charge < -0.3 is 24.6 Å². The third kappa shape index (κ3) is 8.09. The van der Waals surface area contributed by atoms with Crippen molar-refractivity contribution in [2.75, 3.05) is 17.2 Å². The molecule has 3 rings (SSSR count). The number of nitrogens with one attached hydrogen (secondary N) is 2. The first-order valence-electron chi connectivity index (χ1n) is 10.2. The van der Waals surface area contributed by atoms with Crippen LogP contribution in [-0.2, 0) is 19.1 Å². The zero-order valence-corrected chi connectivity index (χ0v) is 19.6. The first-order valence-corrected chi connectivity index (χ1v) is 11.0. The number of aromatic nitrogens is 1. The molecule has 2 aromatic carbocycles. The second kappa shape index (κ2) is 12.1. The fourth-order valence-corrected chi connectivity index (χ4v) is 3.18. The van der Waals surface area contributed by atoms with E-state index in [0.29, 0.717) is 33.0 Å². The second-order valence-electron chi connectivity index (χ2n) is 7.13. The molecular weight excluding hydrogens is 485 g/mol. The predicted molar refractivity (Wildman–Crippen MR) is 126 cm³/mol. The number of nitrogens with zero attached hydrogens (tertiary/aromatic N) is 1. The molecule has 0 saturated heterocycles. The first kappa shape index (κ1) is 25.1. The molecule has 0 unspecified atom stereocenters. The lowest BCUT2D eigenvalue weighted by Crippen LogP contribution is -2.21. The maximum atomic E-state index is 12.1. The van der Waals surface area contributed by atoms with Crippen molar-refractivity contribution in [2.45, 2.75) is 26.2 Å². The van der Waals surface area contributed by atoms with Crippen LogP contribution in [0.25, 0.3) is 0 Å². The lowest BCUT2D eigenvalue weighted by atomic mass is 10.2. The van der Waals surface area contributed by atoms with Crippen molar-refractivity contribution in [3.05, 3.63) is 64.3 Å². The van der Waals surface area contributed by atoms with Crippen LogP contribution in [0.15, 0.2) is 53.1 Å². The van der Waals surface area contributed by atoms with Gasteiger partial charge in [-0.25, -0.2) is 0 Å². The topological polar surface area (TPSA) is 120 Å². The van der Waals surface area contributed by atoms with Gasteiger partial charge >= 0.3 is 5.97 Å². The van der Waals surface area contributed by atoms with Gasteiger partial charge in [0.15, 0.2) is 12.4 Å². The number of esters is 1. The molecule has 9 nitrogen and oxygen atoms in total. The van der Waals surface area contributed by atoms with E-state index in [4.69, 9.17) is 37.2 Å². The van der Waals surface area contributed by atoms with Crippen LogP contribution in [0.2, 0.25) is 10.0 Å². The van der Waals surface area contributed by atoms with Crippen LogP contribution in [0.4, 0.5) is 11.5 Å². The van der Waals surface area contributed by atoms with E-state index in [2.05, 4.69) is 15.8 Å². The van der Waals surface area contributed by atoms with Crippen molar-refractivity contribution >= 4 is 52.5 Å². The summed E-state index contributed by atoms with van der Waals surface area (Å²) in [5, 5.41) is 9.67. The molecular formula is C23H21Cl2N3O6. The molecule has 2 N–H and O–H groups in total. The summed E-state index contributed by atoms with van der Waals surface area (Å²) in [5.41, 5.74) is 0.571. The standard InChI is InChI=1S/C23H21Cl2N3O6/c1-14-11-20(28-34-14)27-22(30)13-32-23(31)4-2-3-21(29)26-16-6-8-17(9-7-16)33-19-10-5-15(24)12-18(19)25/h5-12H,2-4,13H2,1H3,(H,26,29)(H,27,28,30). The molecule has 3 aromatic rings. The highest BCUT2D eigenvalue weighted by Crippen LogP contribution is 2.31. The minimum absolute atomic E-state index is 0.00159. The predicted octanol–water partition coefficient (Wildman–Crippen LogP) is 5.37. The summed E-state index contributed by atoms with van der Waals surface area (Å²) in [6.07, 6.45) is 0.377. The van der Waals surface area contributed by atoms with Gasteiger partial charge in [0, 0.05) is 29.6 Å². The van der Waals surface area contributed by atoms with Gasteiger partial charge in [-0.3, -0.25) is 14.4 Å². The summed E-state index contributed by atoms with van der Waals surface area (Å²) in [6, 6.07) is 13.2. The Kier molecular flexibility index (Phi) is 8.89. The number of halogens is 2. The Hall–Kier alpha value is -3.56. The van der Waals surface area contributed by atoms with Crippen molar-refractivity contribution in [1.82, 2.24) is 5.16 Å². The normalized spacial score (nSPS) is 10.4. The monoisotopic (exact) mass is 505 g/mol. The average Bonchev–Trinajstić information content (AvgIpc) is 3.20. The number of hydrogen-bond acceptors (Lipinski definition) is 7. The summed E-state index contributed by atoms with van der Waals surface area (Å²) in [4.78, 5) is 35.6. The third-order valence-corrected chi connectivity index (χ3v) is 4.83. The molecule has 0 radical (unpaired) electrons. The minimum atomic E-state index is -0.582. The van der Waals surface area contributed by atoms with E-state index in [1.54, 1.807) is 49.4 Å². The molecule has 1 heterocycles. The van der Waals surface area contributed by atoms with Crippen LogP contribution in [-0.4, -0.2) is 29.5 Å². The molecule has 11 heteroatoms. The lowest BCUT2D eigenvalue weighted by molar-refractivity contribution is -0.147. The van der Waals surface area contributed by atoms with Crippen LogP contribution >= 0.6 is 23.2 Å². The number of rotatable bonds is 10. The van der Waals surface area contributed by atoms with Crippen LogP contribution in [0.3, 0.4) is 0 Å². The summed E-state index contributed by atoms with van der Waals surface area (Å²) in [7, 11) is 0. The Morgan fingerprint density at radius 2 is 1.74 bits per heavy atom. The van der Waals surface area contributed by atoms with E-state index in [-0.39, 0.29) is 31.0 Å². The van der Waals surface area contributed by atoms with Gasteiger partial charge in [0.1, 0.15) is 17.3 Å². The molecule has 0 saturated carbocycles. The molecule has 0 aliphatic rings. The average molecular weight is 506 g/mol. The van der Waals surface area contributed by atoms with Gasteiger partial charge in [-0.05, 0) is 55.8 Å². The zero-order chi connectivity index (χ0) is 24.5. The number of amides is 2. The molecule has 0 spiro atoms. The smallest absolute Gasteiger partial charge is 0.306 e. The number of benzene rings is 2. The summed E-state index contributed by atoms with van der Waals surface area (Å²) >= 11 is 12.0. The number of carbonyl (C=O) groups excluding carboxylic acids is 3. The highest BCUT2D eigenvalue weighted by Gasteiger charge is 2.11. The summed E-state index contributed by atoms with van der Waals surface area (Å²) in [6.45, 7) is 1.23. The molecule has 0 atom stereocenters. The molecule has 178 valence electrons. The van der Waals surface area contributed by atoms with E-state index in [0.717, 1.165) is 0 Å². The van der Waals surface area contributed by atoms with E-state index < -0.39 is 18.5 Å². The van der Waals surface area contributed by atoms with Crippen LogP contribution in [0, 0.1) is 6.92 Å². The number of anilines is 2. The summed E-state index contributed by atoms with van der Waals surface area (Å²) < 4.78 is 15.4. The quantitative estimate of drug-likeness (QED) is 0.355. The van der Waals surface area contributed by atoms with E-state index >= 15 is 0 Å². The van der Waals surface area contributed by atoms with Gasteiger partial charge in [0.2, 0.25) is 5.91 Å². The number of carbonyl (C=O) groups is 3. The molecule has 0 aliphatic carbocycles. The Balaban J connectivity index is 1.34. The fraction of sp³-hybridized carbons (Fsp3) is 0.217. The molecule has 0 aliphatic heterocycles. The fourth-order valence-electron chi connectivity index (χ4n) is 2.73. The Morgan fingerprint density at radius 1 is 0.971 bits per heavy atom.